The molecule has 1 atom stereocenters. The smallest absolute Gasteiger partial charge is 0.264 e. The van der Waals surface area contributed by atoms with E-state index in [1.54, 1.807) is 35.2 Å². The lowest BCUT2D eigenvalue weighted by atomic mass is 9.88. The van der Waals surface area contributed by atoms with Gasteiger partial charge < -0.3 is 10.0 Å². The fraction of sp³-hybridized carbons (Fsp3) is 0.259. The number of amides is 1. The lowest BCUT2D eigenvalue weighted by molar-refractivity contribution is -0.135. The van der Waals surface area contributed by atoms with E-state index in [-0.39, 0.29) is 12.2 Å². The Bertz CT molecular complexity index is 1130. The molecule has 0 aliphatic carbocycles. The summed E-state index contributed by atoms with van der Waals surface area (Å²) in [6, 6.07) is 22.3. The van der Waals surface area contributed by atoms with Gasteiger partial charge in [-0.1, -0.05) is 79.5 Å². The van der Waals surface area contributed by atoms with Gasteiger partial charge in [-0.25, -0.2) is 0 Å². The largest absolute Gasteiger partial charge is 0.375 e. The van der Waals surface area contributed by atoms with Crippen LogP contribution in [0.4, 0.5) is 5.69 Å². The number of Topliss-reactive ketones (excluding diaryl/α,β-unsaturated/α-hetero) is 1. The molecule has 0 aromatic heterocycles. The Morgan fingerprint density at radius 2 is 1.66 bits per heavy atom. The van der Waals surface area contributed by atoms with Crippen molar-refractivity contribution in [3.8, 4) is 0 Å². The second kappa shape index (κ2) is 9.27. The molecule has 3 aromatic carbocycles. The van der Waals surface area contributed by atoms with Crippen LogP contribution in [0.15, 0.2) is 72.8 Å². The van der Waals surface area contributed by atoms with Gasteiger partial charge in [0.15, 0.2) is 11.4 Å². The van der Waals surface area contributed by atoms with E-state index in [4.69, 9.17) is 11.6 Å². The molecular formula is C27H26ClNO3. The number of aryl methyl sites for hydroxylation is 1. The highest BCUT2D eigenvalue weighted by Crippen LogP contribution is 2.44. The molecule has 1 heterocycles. The van der Waals surface area contributed by atoms with E-state index in [0.29, 0.717) is 34.8 Å². The molecular weight excluding hydrogens is 422 g/mol. The molecule has 0 saturated heterocycles. The van der Waals surface area contributed by atoms with Crippen LogP contribution < -0.4 is 4.90 Å². The van der Waals surface area contributed by atoms with Crippen molar-refractivity contribution in [1.82, 2.24) is 0 Å². The first-order valence-electron chi connectivity index (χ1n) is 10.9. The van der Waals surface area contributed by atoms with Gasteiger partial charge >= 0.3 is 0 Å². The molecule has 3 aromatic rings. The van der Waals surface area contributed by atoms with Crippen LogP contribution in [-0.2, 0) is 23.2 Å². The fourth-order valence-corrected chi connectivity index (χ4v) is 4.45. The summed E-state index contributed by atoms with van der Waals surface area (Å²) in [5, 5.41) is 11.9. The fourth-order valence-electron chi connectivity index (χ4n) is 4.28. The molecule has 32 heavy (non-hydrogen) atoms. The predicted octanol–water partition coefficient (Wildman–Crippen LogP) is 5.34. The molecule has 1 N–H and O–H groups in total. The van der Waals surface area contributed by atoms with Crippen molar-refractivity contribution in [1.29, 1.82) is 0 Å². The Labute approximate surface area is 193 Å². The highest BCUT2D eigenvalue weighted by Gasteiger charge is 2.50. The zero-order chi connectivity index (χ0) is 22.7. The minimum atomic E-state index is -1.93. The van der Waals surface area contributed by atoms with Crippen molar-refractivity contribution >= 4 is 29.0 Å². The van der Waals surface area contributed by atoms with Gasteiger partial charge in [0.2, 0.25) is 0 Å². The Balaban J connectivity index is 1.60. The first-order valence-corrected chi connectivity index (χ1v) is 11.3. The molecule has 1 aliphatic heterocycles. The average molecular weight is 448 g/mol. The molecule has 0 unspecified atom stereocenters. The highest BCUT2D eigenvalue weighted by molar-refractivity contribution is 6.31. The number of anilines is 1. The summed E-state index contributed by atoms with van der Waals surface area (Å²) in [5.41, 5.74) is 1.79. The Kier molecular flexibility index (Phi) is 6.45. The van der Waals surface area contributed by atoms with Crippen molar-refractivity contribution < 1.29 is 14.7 Å². The van der Waals surface area contributed by atoms with Crippen molar-refractivity contribution in [2.75, 3.05) is 11.4 Å². The quantitative estimate of drug-likeness (QED) is 0.474. The van der Waals surface area contributed by atoms with Crippen LogP contribution >= 0.6 is 11.6 Å². The van der Waals surface area contributed by atoms with Gasteiger partial charge in [-0.05, 0) is 42.2 Å². The van der Waals surface area contributed by atoms with Crippen LogP contribution in [0.5, 0.6) is 0 Å². The Morgan fingerprint density at radius 1 is 0.969 bits per heavy atom. The molecule has 0 spiro atoms. The number of ketones is 1. The average Bonchev–Trinajstić information content (AvgIpc) is 3.00. The first-order chi connectivity index (χ1) is 15.4. The van der Waals surface area contributed by atoms with E-state index in [9.17, 15) is 14.7 Å². The van der Waals surface area contributed by atoms with Crippen molar-refractivity contribution in [2.24, 2.45) is 0 Å². The number of hydrogen-bond donors (Lipinski definition) is 1. The number of carbonyl (C=O) groups excluding carboxylic acids is 2. The van der Waals surface area contributed by atoms with Crippen LogP contribution in [0.1, 0.15) is 46.8 Å². The number of nitrogens with zero attached hydrogens (tertiary/aromatic N) is 1. The van der Waals surface area contributed by atoms with Gasteiger partial charge in [-0.15, -0.1) is 0 Å². The third kappa shape index (κ3) is 4.34. The van der Waals surface area contributed by atoms with Gasteiger partial charge in [0.1, 0.15) is 0 Å². The summed E-state index contributed by atoms with van der Waals surface area (Å²) in [4.78, 5) is 28.0. The molecule has 5 heteroatoms. The molecule has 4 nitrogen and oxygen atoms in total. The zero-order valence-electron chi connectivity index (χ0n) is 18.1. The molecule has 0 radical (unpaired) electrons. The number of benzene rings is 3. The number of aliphatic hydroxyl groups is 1. The summed E-state index contributed by atoms with van der Waals surface area (Å²) >= 11 is 6.19. The maximum atomic E-state index is 13.4. The lowest BCUT2D eigenvalue weighted by Gasteiger charge is -2.23. The Morgan fingerprint density at radius 3 is 2.34 bits per heavy atom. The zero-order valence-corrected chi connectivity index (χ0v) is 18.8. The monoisotopic (exact) mass is 447 g/mol. The van der Waals surface area contributed by atoms with Gasteiger partial charge in [0, 0.05) is 22.7 Å². The molecule has 4 rings (SSSR count). The molecule has 0 saturated carbocycles. The highest BCUT2D eigenvalue weighted by atomic mass is 35.5. The molecule has 1 aliphatic rings. The van der Waals surface area contributed by atoms with E-state index >= 15 is 0 Å². The lowest BCUT2D eigenvalue weighted by Crippen LogP contribution is -2.42. The van der Waals surface area contributed by atoms with E-state index in [1.807, 2.05) is 42.5 Å². The predicted molar refractivity (Wildman–Crippen MR) is 127 cm³/mol. The number of fused-ring (bicyclic) bond motifs is 1. The number of carbonyl (C=O) groups is 2. The second-order valence-corrected chi connectivity index (χ2v) is 8.70. The SMILES string of the molecule is CCCc1ccc(C(=O)C[C@]2(O)C(=O)N(CCc3ccccc3)c3ccc(Cl)cc32)cc1. The molecule has 0 fully saturated rings. The van der Waals surface area contributed by atoms with Gasteiger partial charge in [-0.2, -0.15) is 0 Å². The van der Waals surface area contributed by atoms with Gasteiger partial charge in [-0.3, -0.25) is 9.59 Å². The van der Waals surface area contributed by atoms with Crippen LogP contribution in [0.25, 0.3) is 0 Å². The molecule has 1 amide bonds. The Hall–Kier alpha value is -2.95. The maximum absolute atomic E-state index is 13.4. The molecule has 0 bridgehead atoms. The number of rotatable bonds is 8. The minimum absolute atomic E-state index is 0.278. The van der Waals surface area contributed by atoms with E-state index in [0.717, 1.165) is 24.0 Å². The standard InChI is InChI=1S/C27H26ClNO3/c1-2-6-19-9-11-21(12-10-19)25(30)18-27(32)23-17-22(28)13-14-24(23)29(26(27)31)16-15-20-7-4-3-5-8-20/h3-5,7-14,17,32H,2,6,15-16,18H2,1H3/t27-/m1/s1. The van der Waals surface area contributed by atoms with Crippen LogP contribution in [0, 0.1) is 0 Å². The van der Waals surface area contributed by atoms with Crippen molar-refractivity contribution in [3.05, 3.63) is 100 Å². The third-order valence-electron chi connectivity index (χ3n) is 5.99. The van der Waals surface area contributed by atoms with E-state index in [1.165, 1.54) is 0 Å². The normalized spacial score (nSPS) is 17.5. The number of hydrogen-bond acceptors (Lipinski definition) is 3. The van der Waals surface area contributed by atoms with Crippen LogP contribution in [-0.4, -0.2) is 23.3 Å². The van der Waals surface area contributed by atoms with Crippen LogP contribution in [0.2, 0.25) is 5.02 Å². The van der Waals surface area contributed by atoms with Crippen LogP contribution in [0.3, 0.4) is 0 Å². The maximum Gasteiger partial charge on any atom is 0.264 e. The summed E-state index contributed by atoms with van der Waals surface area (Å²) < 4.78 is 0. The topological polar surface area (TPSA) is 57.6 Å². The van der Waals surface area contributed by atoms with Crippen molar-refractivity contribution in [3.63, 3.8) is 0 Å². The second-order valence-electron chi connectivity index (χ2n) is 8.26. The van der Waals surface area contributed by atoms with Crippen molar-refractivity contribution in [2.45, 2.75) is 38.2 Å². The minimum Gasteiger partial charge on any atom is -0.375 e. The number of halogens is 1. The van der Waals surface area contributed by atoms with Gasteiger partial charge in [0.05, 0.1) is 12.1 Å². The van der Waals surface area contributed by atoms with E-state index < -0.39 is 11.5 Å². The third-order valence-corrected chi connectivity index (χ3v) is 6.23. The van der Waals surface area contributed by atoms with E-state index in [2.05, 4.69) is 6.92 Å². The summed E-state index contributed by atoms with van der Waals surface area (Å²) in [6.07, 6.45) is 2.28. The summed E-state index contributed by atoms with van der Waals surface area (Å²) in [7, 11) is 0. The molecule has 164 valence electrons. The first kappa shape index (κ1) is 22.3. The van der Waals surface area contributed by atoms with Gasteiger partial charge in [0.25, 0.3) is 5.91 Å². The summed E-state index contributed by atoms with van der Waals surface area (Å²) in [5.74, 6) is -0.763. The summed E-state index contributed by atoms with van der Waals surface area (Å²) in [6.45, 7) is 2.51.